The average molecular weight is 429 g/mol. The van der Waals surface area contributed by atoms with Gasteiger partial charge in [0, 0.05) is 58.1 Å². The largest absolute Gasteiger partial charge is 0.341 e. The van der Waals surface area contributed by atoms with E-state index in [4.69, 9.17) is 0 Å². The van der Waals surface area contributed by atoms with Crippen molar-refractivity contribution in [2.24, 2.45) is 0 Å². The highest BCUT2D eigenvalue weighted by atomic mass is 32.1. The second kappa shape index (κ2) is 10.8. The fraction of sp³-hybridized carbons (Fsp3) is 0.409. The van der Waals surface area contributed by atoms with Gasteiger partial charge in [-0.1, -0.05) is 30.3 Å². The Morgan fingerprint density at radius 2 is 1.77 bits per heavy atom. The first-order valence-corrected chi connectivity index (χ1v) is 11.1. The molecule has 0 unspecified atom stereocenters. The SMILES string of the molecule is CN(Cc1ccccc1)C(=O)CCNC(=O)N1CCCN(C(=O)c2ccsc2)CC1. The quantitative estimate of drug-likeness (QED) is 0.769. The highest BCUT2D eigenvalue weighted by molar-refractivity contribution is 7.08. The Morgan fingerprint density at radius 1 is 1.03 bits per heavy atom. The molecule has 4 amide bonds. The van der Waals surface area contributed by atoms with Crippen molar-refractivity contribution in [3.63, 3.8) is 0 Å². The monoisotopic (exact) mass is 428 g/mol. The lowest BCUT2D eigenvalue weighted by molar-refractivity contribution is -0.130. The lowest BCUT2D eigenvalue weighted by atomic mass is 10.2. The van der Waals surface area contributed by atoms with Gasteiger partial charge in [0.1, 0.15) is 0 Å². The Morgan fingerprint density at radius 3 is 2.50 bits per heavy atom. The van der Waals surface area contributed by atoms with Gasteiger partial charge in [-0.05, 0) is 23.4 Å². The minimum Gasteiger partial charge on any atom is -0.341 e. The third-order valence-electron chi connectivity index (χ3n) is 5.14. The van der Waals surface area contributed by atoms with Crippen LogP contribution in [0.25, 0.3) is 0 Å². The maximum absolute atomic E-state index is 12.5. The molecule has 160 valence electrons. The van der Waals surface area contributed by atoms with Gasteiger partial charge in [-0.25, -0.2) is 4.79 Å². The van der Waals surface area contributed by atoms with E-state index in [1.54, 1.807) is 21.7 Å². The van der Waals surface area contributed by atoms with Crippen molar-refractivity contribution >= 4 is 29.2 Å². The summed E-state index contributed by atoms with van der Waals surface area (Å²) in [6.45, 7) is 3.09. The van der Waals surface area contributed by atoms with Crippen molar-refractivity contribution in [2.75, 3.05) is 39.8 Å². The van der Waals surface area contributed by atoms with Gasteiger partial charge in [-0.15, -0.1) is 0 Å². The third kappa shape index (κ3) is 6.06. The first-order valence-electron chi connectivity index (χ1n) is 10.2. The molecule has 0 radical (unpaired) electrons. The summed E-state index contributed by atoms with van der Waals surface area (Å²) in [5.41, 5.74) is 1.78. The smallest absolute Gasteiger partial charge is 0.317 e. The minimum atomic E-state index is -0.182. The molecule has 1 fully saturated rings. The molecule has 3 rings (SSSR count). The van der Waals surface area contributed by atoms with E-state index in [9.17, 15) is 14.4 Å². The van der Waals surface area contributed by atoms with Crippen LogP contribution in [0.2, 0.25) is 0 Å². The van der Waals surface area contributed by atoms with Crippen molar-refractivity contribution in [3.8, 4) is 0 Å². The summed E-state index contributed by atoms with van der Waals surface area (Å²) in [6, 6.07) is 11.5. The van der Waals surface area contributed by atoms with Crippen LogP contribution in [0.15, 0.2) is 47.2 Å². The van der Waals surface area contributed by atoms with Gasteiger partial charge in [-0.3, -0.25) is 9.59 Å². The summed E-state index contributed by atoms with van der Waals surface area (Å²) in [5.74, 6) is 0.00751. The number of amides is 4. The Kier molecular flexibility index (Phi) is 7.84. The summed E-state index contributed by atoms with van der Waals surface area (Å²) < 4.78 is 0. The normalized spacial score (nSPS) is 14.2. The molecule has 30 heavy (non-hydrogen) atoms. The second-order valence-corrected chi connectivity index (χ2v) is 8.14. The van der Waals surface area contributed by atoms with Crippen molar-refractivity contribution < 1.29 is 14.4 Å². The number of carbonyl (C=O) groups excluding carboxylic acids is 3. The molecule has 2 aromatic rings. The summed E-state index contributed by atoms with van der Waals surface area (Å²) in [6.07, 6.45) is 0.994. The number of thiophene rings is 1. The van der Waals surface area contributed by atoms with Crippen molar-refractivity contribution in [1.29, 1.82) is 0 Å². The predicted octanol–water partition coefficient (Wildman–Crippen LogP) is 2.65. The number of urea groups is 1. The second-order valence-electron chi connectivity index (χ2n) is 7.36. The van der Waals surface area contributed by atoms with Crippen LogP contribution in [0.4, 0.5) is 4.79 Å². The highest BCUT2D eigenvalue weighted by Gasteiger charge is 2.23. The maximum atomic E-state index is 12.5. The van der Waals surface area contributed by atoms with E-state index in [1.165, 1.54) is 11.3 Å². The van der Waals surface area contributed by atoms with Crippen LogP contribution in [0.3, 0.4) is 0 Å². The Bertz CT molecular complexity index is 841. The molecular weight excluding hydrogens is 400 g/mol. The van der Waals surface area contributed by atoms with Crippen LogP contribution in [0.5, 0.6) is 0 Å². The number of hydrogen-bond donors (Lipinski definition) is 1. The first kappa shape index (κ1) is 21.8. The first-order chi connectivity index (χ1) is 14.5. The van der Waals surface area contributed by atoms with E-state index in [0.717, 1.165) is 12.0 Å². The van der Waals surface area contributed by atoms with E-state index in [2.05, 4.69) is 5.32 Å². The molecule has 2 heterocycles. The van der Waals surface area contributed by atoms with Crippen molar-refractivity contribution in [1.82, 2.24) is 20.0 Å². The molecule has 0 spiro atoms. The van der Waals surface area contributed by atoms with Crippen LogP contribution in [-0.2, 0) is 11.3 Å². The molecule has 7 nitrogen and oxygen atoms in total. The number of benzene rings is 1. The van der Waals surface area contributed by atoms with E-state index < -0.39 is 0 Å². The molecule has 0 atom stereocenters. The van der Waals surface area contributed by atoms with Gasteiger partial charge in [0.05, 0.1) is 5.56 Å². The number of nitrogens with one attached hydrogen (secondary N) is 1. The van der Waals surface area contributed by atoms with Gasteiger partial charge in [-0.2, -0.15) is 11.3 Å². The van der Waals surface area contributed by atoms with Gasteiger partial charge in [0.2, 0.25) is 5.91 Å². The molecule has 8 heteroatoms. The molecule has 1 N–H and O–H groups in total. The predicted molar refractivity (Wildman–Crippen MR) is 117 cm³/mol. The zero-order valence-electron chi connectivity index (χ0n) is 17.3. The number of nitrogens with zero attached hydrogens (tertiary/aromatic N) is 3. The molecule has 1 aromatic carbocycles. The van der Waals surface area contributed by atoms with E-state index in [0.29, 0.717) is 44.8 Å². The lowest BCUT2D eigenvalue weighted by Gasteiger charge is -2.22. The van der Waals surface area contributed by atoms with Crippen LogP contribution < -0.4 is 5.32 Å². The Balaban J connectivity index is 1.39. The van der Waals surface area contributed by atoms with Gasteiger partial charge in [0.25, 0.3) is 5.91 Å². The fourth-order valence-corrected chi connectivity index (χ4v) is 4.05. The van der Waals surface area contributed by atoms with Gasteiger partial charge >= 0.3 is 6.03 Å². The van der Waals surface area contributed by atoms with Crippen molar-refractivity contribution in [3.05, 3.63) is 58.3 Å². The van der Waals surface area contributed by atoms with Crippen LogP contribution in [-0.4, -0.2) is 72.3 Å². The van der Waals surface area contributed by atoms with Crippen LogP contribution in [0.1, 0.15) is 28.8 Å². The standard InChI is InChI=1S/C22H28N4O3S/c1-24(16-18-6-3-2-4-7-18)20(27)8-10-23-22(29)26-12-5-11-25(13-14-26)21(28)19-9-15-30-17-19/h2-4,6-7,9,15,17H,5,8,10-14,16H2,1H3,(H,23,29). The Labute approximate surface area is 181 Å². The molecule has 0 aliphatic carbocycles. The summed E-state index contributed by atoms with van der Waals surface area (Å²) >= 11 is 1.50. The zero-order valence-corrected chi connectivity index (χ0v) is 18.1. The molecular formula is C22H28N4O3S. The van der Waals surface area contributed by atoms with E-state index >= 15 is 0 Å². The zero-order chi connectivity index (χ0) is 21.3. The number of rotatable bonds is 6. The molecule has 1 saturated heterocycles. The molecule has 1 aliphatic rings. The van der Waals surface area contributed by atoms with Crippen LogP contribution in [0, 0.1) is 0 Å². The summed E-state index contributed by atoms with van der Waals surface area (Å²) in [5, 5.41) is 6.58. The average Bonchev–Trinajstić information content (AvgIpc) is 3.18. The minimum absolute atomic E-state index is 0.0115. The molecule has 1 aromatic heterocycles. The number of carbonyl (C=O) groups is 3. The van der Waals surface area contributed by atoms with E-state index in [1.807, 2.05) is 47.2 Å². The summed E-state index contributed by atoms with van der Waals surface area (Å²) in [4.78, 5) is 42.5. The molecule has 0 bridgehead atoms. The number of hydrogen-bond acceptors (Lipinski definition) is 4. The fourth-order valence-electron chi connectivity index (χ4n) is 3.42. The van der Waals surface area contributed by atoms with Crippen molar-refractivity contribution in [2.45, 2.75) is 19.4 Å². The maximum Gasteiger partial charge on any atom is 0.317 e. The molecule has 1 aliphatic heterocycles. The van der Waals surface area contributed by atoms with Crippen LogP contribution >= 0.6 is 11.3 Å². The lowest BCUT2D eigenvalue weighted by Crippen LogP contribution is -2.43. The van der Waals surface area contributed by atoms with Gasteiger partial charge in [0.15, 0.2) is 0 Å². The highest BCUT2D eigenvalue weighted by Crippen LogP contribution is 2.12. The Hall–Kier alpha value is -2.87. The third-order valence-corrected chi connectivity index (χ3v) is 5.83. The van der Waals surface area contributed by atoms with Gasteiger partial charge < -0.3 is 20.0 Å². The van der Waals surface area contributed by atoms with E-state index in [-0.39, 0.29) is 24.3 Å². The topological polar surface area (TPSA) is 73.0 Å². The molecule has 0 saturated carbocycles. The summed E-state index contributed by atoms with van der Waals surface area (Å²) in [7, 11) is 1.77.